The zero-order valence-corrected chi connectivity index (χ0v) is 10.3. The van der Waals surface area contributed by atoms with Crippen molar-refractivity contribution < 1.29 is 4.52 Å². The molecule has 1 N–H and O–H groups in total. The van der Waals surface area contributed by atoms with E-state index in [1.807, 2.05) is 35.0 Å². The third-order valence-corrected chi connectivity index (χ3v) is 2.79. The number of hydrogen-bond acceptors (Lipinski definition) is 4. The zero-order valence-electron chi connectivity index (χ0n) is 9.51. The maximum absolute atomic E-state index is 5.92. The van der Waals surface area contributed by atoms with Crippen molar-refractivity contribution in [3.05, 3.63) is 53.3 Å². The van der Waals surface area contributed by atoms with Gasteiger partial charge in [-0.05, 0) is 12.1 Å². The van der Waals surface area contributed by atoms with Crippen LogP contribution in [0.4, 0.5) is 0 Å². The summed E-state index contributed by atoms with van der Waals surface area (Å²) in [4.78, 5) is 4.47. The van der Waals surface area contributed by atoms with Gasteiger partial charge in [-0.3, -0.25) is 0 Å². The maximum atomic E-state index is 5.92. The van der Waals surface area contributed by atoms with Crippen LogP contribution < -0.4 is 5.32 Å². The Morgan fingerprint density at radius 2 is 2.17 bits per heavy atom. The van der Waals surface area contributed by atoms with E-state index in [-0.39, 0.29) is 0 Å². The van der Waals surface area contributed by atoms with E-state index in [9.17, 15) is 0 Å². The number of rotatable bonds is 4. The third-order valence-electron chi connectivity index (χ3n) is 2.56. The van der Waals surface area contributed by atoms with Gasteiger partial charge in [0.25, 0.3) is 0 Å². The lowest BCUT2D eigenvalue weighted by Gasteiger charge is -1.97. The summed E-state index contributed by atoms with van der Waals surface area (Å²) < 4.78 is 6.90. The summed E-state index contributed by atoms with van der Waals surface area (Å²) >= 11 is 5.92. The second-order valence-electron chi connectivity index (χ2n) is 3.93. The first-order valence-electron chi connectivity index (χ1n) is 5.55. The number of nitrogens with one attached hydrogen (secondary N) is 1. The predicted octanol–water partition coefficient (Wildman–Crippen LogP) is 2.27. The van der Waals surface area contributed by atoms with Gasteiger partial charge in [0.15, 0.2) is 0 Å². The molecule has 0 unspecified atom stereocenters. The van der Waals surface area contributed by atoms with Crippen molar-refractivity contribution >= 4 is 17.2 Å². The molecule has 3 heterocycles. The Bertz CT molecular complexity index is 647. The van der Waals surface area contributed by atoms with Gasteiger partial charge in [0.1, 0.15) is 11.4 Å². The second kappa shape index (κ2) is 4.80. The highest BCUT2D eigenvalue weighted by atomic mass is 35.5. The second-order valence-corrected chi connectivity index (χ2v) is 4.36. The van der Waals surface area contributed by atoms with Gasteiger partial charge in [-0.15, -0.1) is 0 Å². The SMILES string of the molecule is Clc1ccc2nc(CNCc3ccno3)cn2c1. The van der Waals surface area contributed by atoms with Crippen molar-refractivity contribution in [3.8, 4) is 0 Å². The lowest BCUT2D eigenvalue weighted by atomic mass is 10.4. The fourth-order valence-electron chi connectivity index (χ4n) is 1.75. The monoisotopic (exact) mass is 262 g/mol. The van der Waals surface area contributed by atoms with Gasteiger partial charge in [0, 0.05) is 25.0 Å². The average molecular weight is 263 g/mol. The number of halogens is 1. The van der Waals surface area contributed by atoms with E-state index in [1.54, 1.807) is 6.20 Å². The third kappa shape index (κ3) is 2.37. The van der Waals surface area contributed by atoms with E-state index in [1.165, 1.54) is 0 Å². The Morgan fingerprint density at radius 1 is 1.22 bits per heavy atom. The molecule has 18 heavy (non-hydrogen) atoms. The van der Waals surface area contributed by atoms with E-state index in [2.05, 4.69) is 15.5 Å². The van der Waals surface area contributed by atoms with E-state index in [4.69, 9.17) is 16.1 Å². The highest BCUT2D eigenvalue weighted by Gasteiger charge is 2.02. The van der Waals surface area contributed by atoms with Crippen molar-refractivity contribution in [3.63, 3.8) is 0 Å². The highest BCUT2D eigenvalue weighted by molar-refractivity contribution is 6.30. The molecular weight excluding hydrogens is 252 g/mol. The van der Waals surface area contributed by atoms with Gasteiger partial charge in [0.05, 0.1) is 23.5 Å². The number of pyridine rings is 1. The van der Waals surface area contributed by atoms with E-state index < -0.39 is 0 Å². The van der Waals surface area contributed by atoms with Crippen LogP contribution >= 0.6 is 11.6 Å². The quantitative estimate of drug-likeness (QED) is 0.784. The summed E-state index contributed by atoms with van der Waals surface area (Å²) in [5.74, 6) is 0.807. The molecule has 92 valence electrons. The number of imidazole rings is 1. The summed E-state index contributed by atoms with van der Waals surface area (Å²) in [6, 6.07) is 5.55. The van der Waals surface area contributed by atoms with Crippen LogP contribution in [0.15, 0.2) is 41.3 Å². The molecule has 0 aromatic carbocycles. The molecule has 0 bridgehead atoms. The van der Waals surface area contributed by atoms with E-state index in [0.29, 0.717) is 18.1 Å². The minimum Gasteiger partial charge on any atom is -0.360 e. The summed E-state index contributed by atoms with van der Waals surface area (Å²) in [5.41, 5.74) is 1.84. The fraction of sp³-hybridized carbons (Fsp3) is 0.167. The molecule has 3 aromatic rings. The highest BCUT2D eigenvalue weighted by Crippen LogP contribution is 2.11. The maximum Gasteiger partial charge on any atom is 0.150 e. The largest absolute Gasteiger partial charge is 0.360 e. The Morgan fingerprint density at radius 3 is 3.00 bits per heavy atom. The van der Waals surface area contributed by atoms with Gasteiger partial charge in [-0.25, -0.2) is 4.98 Å². The molecule has 0 aliphatic carbocycles. The molecule has 0 aliphatic heterocycles. The number of hydrogen-bond donors (Lipinski definition) is 1. The first-order chi connectivity index (χ1) is 8.81. The molecule has 0 radical (unpaired) electrons. The van der Waals surface area contributed by atoms with Crippen LogP contribution in [0.3, 0.4) is 0 Å². The molecule has 0 amide bonds. The number of fused-ring (bicyclic) bond motifs is 1. The van der Waals surface area contributed by atoms with Crippen LogP contribution in [0.2, 0.25) is 5.02 Å². The molecule has 0 saturated heterocycles. The summed E-state index contributed by atoms with van der Waals surface area (Å²) in [6.45, 7) is 1.30. The van der Waals surface area contributed by atoms with Gasteiger partial charge < -0.3 is 14.2 Å². The standard InChI is InChI=1S/C12H11ClN4O/c13-9-1-2-12-16-10(8-17(12)7-9)5-14-6-11-3-4-15-18-11/h1-4,7-8,14H,5-6H2. The Balaban J connectivity index is 1.67. The Hall–Kier alpha value is -1.85. The molecular formula is C12H11ClN4O. The number of nitrogens with zero attached hydrogens (tertiary/aromatic N) is 3. The topological polar surface area (TPSA) is 55.4 Å². The molecule has 0 spiro atoms. The average Bonchev–Trinajstić information content (AvgIpc) is 2.97. The van der Waals surface area contributed by atoms with Crippen LogP contribution in [-0.4, -0.2) is 14.5 Å². The summed E-state index contributed by atoms with van der Waals surface area (Å²) in [7, 11) is 0. The van der Waals surface area contributed by atoms with Crippen molar-refractivity contribution in [1.29, 1.82) is 0 Å². The van der Waals surface area contributed by atoms with Crippen LogP contribution in [0, 0.1) is 0 Å². The van der Waals surface area contributed by atoms with Gasteiger partial charge in [-0.1, -0.05) is 16.8 Å². The smallest absolute Gasteiger partial charge is 0.150 e. The summed E-state index contributed by atoms with van der Waals surface area (Å²) in [6.07, 6.45) is 5.42. The molecule has 0 aliphatic rings. The van der Waals surface area contributed by atoms with Crippen molar-refractivity contribution in [2.24, 2.45) is 0 Å². The summed E-state index contributed by atoms with van der Waals surface area (Å²) in [5, 5.41) is 7.58. The minimum atomic E-state index is 0.634. The predicted molar refractivity (Wildman–Crippen MR) is 67.2 cm³/mol. The lowest BCUT2D eigenvalue weighted by molar-refractivity contribution is 0.372. The van der Waals surface area contributed by atoms with Crippen LogP contribution in [0.25, 0.3) is 5.65 Å². The first kappa shape index (κ1) is 11.3. The normalized spacial score (nSPS) is 11.2. The van der Waals surface area contributed by atoms with Crippen molar-refractivity contribution in [1.82, 2.24) is 19.9 Å². The Labute approximate surface area is 108 Å². The van der Waals surface area contributed by atoms with Crippen LogP contribution in [0.1, 0.15) is 11.5 Å². The van der Waals surface area contributed by atoms with Gasteiger partial charge in [-0.2, -0.15) is 0 Å². The lowest BCUT2D eigenvalue weighted by Crippen LogP contribution is -2.12. The van der Waals surface area contributed by atoms with Gasteiger partial charge in [0.2, 0.25) is 0 Å². The molecule has 0 fully saturated rings. The van der Waals surface area contributed by atoms with Crippen LogP contribution in [0.5, 0.6) is 0 Å². The molecule has 0 saturated carbocycles. The molecule has 5 nitrogen and oxygen atoms in total. The van der Waals surface area contributed by atoms with Gasteiger partial charge >= 0.3 is 0 Å². The molecule has 6 heteroatoms. The van der Waals surface area contributed by atoms with E-state index in [0.717, 1.165) is 17.1 Å². The minimum absolute atomic E-state index is 0.634. The van der Waals surface area contributed by atoms with Crippen LogP contribution in [-0.2, 0) is 13.1 Å². The van der Waals surface area contributed by atoms with E-state index >= 15 is 0 Å². The molecule has 3 aromatic heterocycles. The number of aromatic nitrogens is 3. The first-order valence-corrected chi connectivity index (χ1v) is 5.92. The Kier molecular flexibility index (Phi) is 3.00. The fourth-order valence-corrected chi connectivity index (χ4v) is 1.92. The molecule has 0 atom stereocenters. The zero-order chi connectivity index (χ0) is 12.4. The van der Waals surface area contributed by atoms with Crippen molar-refractivity contribution in [2.75, 3.05) is 0 Å². The van der Waals surface area contributed by atoms with Crippen molar-refractivity contribution in [2.45, 2.75) is 13.1 Å². The molecule has 3 rings (SSSR count).